The molecule has 2 aromatic heterocycles. The number of rotatable bonds is 7. The van der Waals surface area contributed by atoms with Crippen LogP contribution in [0.5, 0.6) is 11.5 Å². The number of carbonyl (C=O) groups excluding carboxylic acids is 2. The summed E-state index contributed by atoms with van der Waals surface area (Å²) in [6, 6.07) is 14.0. The van der Waals surface area contributed by atoms with Crippen molar-refractivity contribution in [1.82, 2.24) is 25.6 Å². The Balaban J connectivity index is 1.53. The van der Waals surface area contributed by atoms with E-state index in [0.29, 0.717) is 29.6 Å². The summed E-state index contributed by atoms with van der Waals surface area (Å²) >= 11 is 1.42. The molecule has 4 aromatic rings. The summed E-state index contributed by atoms with van der Waals surface area (Å²) in [4.78, 5) is 30.3. The number of benzene rings is 2. The minimum absolute atomic E-state index is 0.169. The molecule has 0 radical (unpaired) electrons. The van der Waals surface area contributed by atoms with Gasteiger partial charge >= 0.3 is 5.91 Å². The largest absolute Gasteiger partial charge is 0.493 e. The standard InChI is InChI=1S/C23H20FN5O4S/c1-3-33-17-11-6-14(13-18(17)32-2)22(30)26-27-23(31)20-25-21(19-5-4-12-34-19)29(28-20)16-9-7-15(24)8-10-16/h4-13H,3H2,1-2H3,(H,26,30)(H,27,31). The summed E-state index contributed by atoms with van der Waals surface area (Å²) in [5.74, 6) is -0.542. The average Bonchev–Trinajstić information content (AvgIpc) is 3.53. The first kappa shape index (κ1) is 22.9. The van der Waals surface area contributed by atoms with Crippen molar-refractivity contribution in [1.29, 1.82) is 0 Å². The Kier molecular flexibility index (Phi) is 6.83. The van der Waals surface area contributed by atoms with Crippen LogP contribution in [0.2, 0.25) is 0 Å². The second-order valence-corrected chi connectivity index (χ2v) is 7.78. The van der Waals surface area contributed by atoms with Crippen LogP contribution < -0.4 is 20.3 Å². The van der Waals surface area contributed by atoms with Gasteiger partial charge in [-0.15, -0.1) is 16.4 Å². The molecular weight excluding hydrogens is 461 g/mol. The van der Waals surface area contributed by atoms with E-state index in [1.54, 1.807) is 12.1 Å². The van der Waals surface area contributed by atoms with Gasteiger partial charge in [-0.3, -0.25) is 20.4 Å². The van der Waals surface area contributed by atoms with E-state index in [4.69, 9.17) is 9.47 Å². The number of thiophene rings is 1. The van der Waals surface area contributed by atoms with Gasteiger partial charge in [0.2, 0.25) is 5.82 Å². The fourth-order valence-corrected chi connectivity index (χ4v) is 3.76. The minimum Gasteiger partial charge on any atom is -0.493 e. The van der Waals surface area contributed by atoms with Gasteiger partial charge in [0.25, 0.3) is 5.91 Å². The number of hydrogen-bond acceptors (Lipinski definition) is 7. The van der Waals surface area contributed by atoms with Crippen LogP contribution in [0.1, 0.15) is 27.9 Å². The molecule has 2 aromatic carbocycles. The quantitative estimate of drug-likeness (QED) is 0.391. The topological polar surface area (TPSA) is 107 Å². The maximum absolute atomic E-state index is 13.4. The Labute approximate surface area is 198 Å². The van der Waals surface area contributed by atoms with Crippen molar-refractivity contribution in [2.75, 3.05) is 13.7 Å². The van der Waals surface area contributed by atoms with Gasteiger partial charge in [-0.05, 0) is 60.8 Å². The molecule has 34 heavy (non-hydrogen) atoms. The molecule has 2 N–H and O–H groups in total. The molecule has 2 amide bonds. The molecule has 0 atom stereocenters. The third kappa shape index (κ3) is 4.89. The molecular formula is C23H20FN5O4S. The van der Waals surface area contributed by atoms with Crippen molar-refractivity contribution in [3.05, 3.63) is 77.2 Å². The van der Waals surface area contributed by atoms with E-state index >= 15 is 0 Å². The second-order valence-electron chi connectivity index (χ2n) is 6.83. The predicted molar refractivity (Wildman–Crippen MR) is 124 cm³/mol. The van der Waals surface area contributed by atoms with Crippen LogP contribution in [0.3, 0.4) is 0 Å². The van der Waals surface area contributed by atoms with Gasteiger partial charge in [0.05, 0.1) is 24.3 Å². The molecule has 0 fully saturated rings. The zero-order valence-corrected chi connectivity index (χ0v) is 19.1. The van der Waals surface area contributed by atoms with Crippen LogP contribution in [0.15, 0.2) is 60.0 Å². The van der Waals surface area contributed by atoms with E-state index in [1.807, 2.05) is 24.4 Å². The predicted octanol–water partition coefficient (Wildman–Crippen LogP) is 3.62. The molecule has 2 heterocycles. The number of halogens is 1. The molecule has 11 heteroatoms. The highest BCUT2D eigenvalue weighted by molar-refractivity contribution is 7.13. The van der Waals surface area contributed by atoms with E-state index in [1.165, 1.54) is 53.5 Å². The van der Waals surface area contributed by atoms with E-state index in [-0.39, 0.29) is 11.4 Å². The van der Waals surface area contributed by atoms with E-state index in [0.717, 1.165) is 4.88 Å². The SMILES string of the molecule is CCOc1ccc(C(=O)NNC(=O)c2nc(-c3cccs3)n(-c3ccc(F)cc3)n2)cc1OC. The molecule has 0 saturated heterocycles. The smallest absolute Gasteiger partial charge is 0.309 e. The monoisotopic (exact) mass is 481 g/mol. The first-order valence-corrected chi connectivity index (χ1v) is 11.1. The fourth-order valence-electron chi connectivity index (χ4n) is 3.06. The third-order valence-electron chi connectivity index (χ3n) is 4.64. The summed E-state index contributed by atoms with van der Waals surface area (Å²) in [7, 11) is 1.47. The van der Waals surface area contributed by atoms with Gasteiger partial charge in [0, 0.05) is 5.56 Å². The number of methoxy groups -OCH3 is 1. The Hall–Kier alpha value is -4.25. The van der Waals surface area contributed by atoms with Crippen molar-refractivity contribution >= 4 is 23.2 Å². The van der Waals surface area contributed by atoms with Gasteiger partial charge in [-0.25, -0.2) is 14.1 Å². The highest BCUT2D eigenvalue weighted by Crippen LogP contribution is 2.28. The van der Waals surface area contributed by atoms with Crippen LogP contribution in [0.4, 0.5) is 4.39 Å². The van der Waals surface area contributed by atoms with Crippen molar-refractivity contribution < 1.29 is 23.5 Å². The first-order chi connectivity index (χ1) is 16.5. The van der Waals surface area contributed by atoms with E-state index < -0.39 is 17.6 Å². The molecule has 0 bridgehead atoms. The first-order valence-electron chi connectivity index (χ1n) is 10.2. The van der Waals surface area contributed by atoms with E-state index in [2.05, 4.69) is 20.9 Å². The molecule has 0 aliphatic heterocycles. The zero-order valence-electron chi connectivity index (χ0n) is 18.2. The lowest BCUT2D eigenvalue weighted by Crippen LogP contribution is -2.42. The Morgan fingerprint density at radius 3 is 2.50 bits per heavy atom. The molecule has 0 saturated carbocycles. The summed E-state index contributed by atoms with van der Waals surface area (Å²) < 4.78 is 25.5. The van der Waals surface area contributed by atoms with Gasteiger partial charge in [0.15, 0.2) is 17.3 Å². The summed E-state index contributed by atoms with van der Waals surface area (Å²) in [5, 5.41) is 6.13. The Morgan fingerprint density at radius 2 is 1.82 bits per heavy atom. The fraction of sp³-hybridized carbons (Fsp3) is 0.130. The van der Waals surface area contributed by atoms with Crippen molar-refractivity contribution in [2.24, 2.45) is 0 Å². The molecule has 0 unspecified atom stereocenters. The van der Waals surface area contributed by atoms with Gasteiger partial charge in [-0.1, -0.05) is 6.07 Å². The molecule has 0 spiro atoms. The summed E-state index contributed by atoms with van der Waals surface area (Å²) in [5.41, 5.74) is 5.44. The average molecular weight is 482 g/mol. The van der Waals surface area contributed by atoms with Crippen LogP contribution in [0.25, 0.3) is 16.4 Å². The molecule has 174 valence electrons. The van der Waals surface area contributed by atoms with Crippen molar-refractivity contribution in [2.45, 2.75) is 6.92 Å². The molecule has 9 nitrogen and oxygen atoms in total. The highest BCUT2D eigenvalue weighted by atomic mass is 32.1. The number of ether oxygens (including phenoxy) is 2. The minimum atomic E-state index is -0.718. The lowest BCUT2D eigenvalue weighted by molar-refractivity contribution is 0.0841. The number of hydrogen-bond donors (Lipinski definition) is 2. The Bertz CT molecular complexity index is 1310. The number of nitrogens with zero attached hydrogens (tertiary/aromatic N) is 3. The number of nitrogens with one attached hydrogen (secondary N) is 2. The van der Waals surface area contributed by atoms with Crippen LogP contribution in [0, 0.1) is 5.82 Å². The van der Waals surface area contributed by atoms with Gasteiger partial charge < -0.3 is 9.47 Å². The number of hydrazine groups is 1. The van der Waals surface area contributed by atoms with E-state index in [9.17, 15) is 14.0 Å². The van der Waals surface area contributed by atoms with Crippen molar-refractivity contribution in [3.63, 3.8) is 0 Å². The molecule has 0 aliphatic rings. The maximum Gasteiger partial charge on any atom is 0.309 e. The highest BCUT2D eigenvalue weighted by Gasteiger charge is 2.20. The Morgan fingerprint density at radius 1 is 1.06 bits per heavy atom. The normalized spacial score (nSPS) is 10.6. The lowest BCUT2D eigenvalue weighted by Gasteiger charge is -2.11. The van der Waals surface area contributed by atoms with Gasteiger partial charge in [0.1, 0.15) is 5.82 Å². The molecule has 0 aliphatic carbocycles. The maximum atomic E-state index is 13.4. The van der Waals surface area contributed by atoms with Crippen molar-refractivity contribution in [3.8, 4) is 27.9 Å². The van der Waals surface area contributed by atoms with Crippen LogP contribution in [-0.4, -0.2) is 40.3 Å². The lowest BCUT2D eigenvalue weighted by atomic mass is 10.2. The molecule has 4 rings (SSSR count). The number of carbonyl (C=O) groups is 2. The number of aromatic nitrogens is 3. The second kappa shape index (κ2) is 10.1. The van der Waals surface area contributed by atoms with Crippen LogP contribution >= 0.6 is 11.3 Å². The summed E-state index contributed by atoms with van der Waals surface area (Å²) in [6.45, 7) is 2.29. The van der Waals surface area contributed by atoms with Gasteiger partial charge in [-0.2, -0.15) is 0 Å². The third-order valence-corrected chi connectivity index (χ3v) is 5.50. The summed E-state index contributed by atoms with van der Waals surface area (Å²) in [6.07, 6.45) is 0. The number of amides is 2. The van der Waals surface area contributed by atoms with Crippen LogP contribution in [-0.2, 0) is 0 Å². The zero-order chi connectivity index (χ0) is 24.1.